The second-order valence-electron chi connectivity index (χ2n) is 6.48. The highest BCUT2D eigenvalue weighted by Crippen LogP contribution is 2.15. The van der Waals surface area contributed by atoms with Gasteiger partial charge in [-0.1, -0.05) is 36.4 Å². The van der Waals surface area contributed by atoms with Gasteiger partial charge in [0, 0.05) is 18.5 Å². The molecule has 0 unspecified atom stereocenters. The molecule has 6 heteroatoms. The largest absolute Gasteiger partial charge is 0.379 e. The van der Waals surface area contributed by atoms with Crippen molar-refractivity contribution in [2.75, 3.05) is 13.2 Å². The van der Waals surface area contributed by atoms with E-state index < -0.39 is 0 Å². The van der Waals surface area contributed by atoms with Crippen molar-refractivity contribution in [1.82, 2.24) is 15.1 Å². The van der Waals surface area contributed by atoms with Crippen molar-refractivity contribution in [2.45, 2.75) is 26.4 Å². The molecular weight excluding hydrogens is 342 g/mol. The molecule has 1 amide bonds. The second-order valence-corrected chi connectivity index (χ2v) is 6.48. The number of nitrogens with one attached hydrogen (secondary N) is 1. The number of aromatic nitrogens is 2. The molecule has 2 aromatic carbocycles. The standard InChI is InChI=1S/C21H23N3O3/c1-15(2)27-14-8-13-22-20(25)19-17-11-6-7-12-18(17)21(26)24(23-19)16-9-4-3-5-10-16/h3-7,9-12,15H,8,13-14H2,1-2H3,(H,22,25). The first-order valence-electron chi connectivity index (χ1n) is 9.05. The van der Waals surface area contributed by atoms with E-state index in [-0.39, 0.29) is 23.3 Å². The van der Waals surface area contributed by atoms with Crippen LogP contribution in [0, 0.1) is 0 Å². The molecule has 0 aliphatic heterocycles. The van der Waals surface area contributed by atoms with E-state index in [9.17, 15) is 9.59 Å². The summed E-state index contributed by atoms with van der Waals surface area (Å²) in [4.78, 5) is 25.5. The molecule has 0 fully saturated rings. The third-order valence-corrected chi connectivity index (χ3v) is 4.08. The number of para-hydroxylation sites is 1. The lowest BCUT2D eigenvalue weighted by atomic mass is 10.1. The highest BCUT2D eigenvalue weighted by atomic mass is 16.5. The van der Waals surface area contributed by atoms with E-state index in [1.165, 1.54) is 4.68 Å². The summed E-state index contributed by atoms with van der Waals surface area (Å²) in [6, 6.07) is 16.1. The summed E-state index contributed by atoms with van der Waals surface area (Å²) < 4.78 is 6.76. The predicted octanol–water partition coefficient (Wildman–Crippen LogP) is 2.93. The van der Waals surface area contributed by atoms with Gasteiger partial charge in [0.05, 0.1) is 17.2 Å². The number of hydrogen-bond acceptors (Lipinski definition) is 4. The SMILES string of the molecule is CC(C)OCCCNC(=O)c1nn(-c2ccccc2)c(=O)c2ccccc12. The monoisotopic (exact) mass is 365 g/mol. The van der Waals surface area contributed by atoms with Crippen molar-refractivity contribution in [1.29, 1.82) is 0 Å². The zero-order chi connectivity index (χ0) is 19.2. The minimum absolute atomic E-state index is 0.167. The smallest absolute Gasteiger partial charge is 0.279 e. The van der Waals surface area contributed by atoms with Gasteiger partial charge in [0.2, 0.25) is 0 Å². The van der Waals surface area contributed by atoms with E-state index in [1.807, 2.05) is 32.0 Å². The molecule has 1 heterocycles. The van der Waals surface area contributed by atoms with Crippen molar-refractivity contribution in [3.8, 4) is 5.69 Å². The third kappa shape index (κ3) is 4.41. The maximum absolute atomic E-state index is 12.8. The zero-order valence-electron chi connectivity index (χ0n) is 15.5. The lowest BCUT2D eigenvalue weighted by Crippen LogP contribution is -2.31. The number of hydrogen-bond donors (Lipinski definition) is 1. The Hall–Kier alpha value is -2.99. The molecule has 0 atom stereocenters. The van der Waals surface area contributed by atoms with Crippen molar-refractivity contribution in [2.24, 2.45) is 0 Å². The van der Waals surface area contributed by atoms with Crippen LogP contribution in [0.2, 0.25) is 0 Å². The Morgan fingerprint density at radius 1 is 1.07 bits per heavy atom. The molecule has 0 bridgehead atoms. The van der Waals surface area contributed by atoms with Crippen LogP contribution in [0.1, 0.15) is 30.8 Å². The quantitative estimate of drug-likeness (QED) is 0.654. The zero-order valence-corrected chi connectivity index (χ0v) is 15.5. The van der Waals surface area contributed by atoms with E-state index in [4.69, 9.17) is 4.74 Å². The molecule has 0 aliphatic rings. The highest BCUT2D eigenvalue weighted by Gasteiger charge is 2.17. The summed E-state index contributed by atoms with van der Waals surface area (Å²) in [6.07, 6.45) is 0.876. The molecule has 3 aromatic rings. The molecule has 1 aromatic heterocycles. The van der Waals surface area contributed by atoms with Gasteiger partial charge in [-0.05, 0) is 38.5 Å². The molecule has 6 nitrogen and oxygen atoms in total. The molecule has 0 saturated carbocycles. The van der Waals surface area contributed by atoms with E-state index in [2.05, 4.69) is 10.4 Å². The number of benzene rings is 2. The molecular formula is C21H23N3O3. The number of rotatable bonds is 7. The normalized spacial score (nSPS) is 11.1. The average molecular weight is 365 g/mol. The van der Waals surface area contributed by atoms with E-state index in [0.29, 0.717) is 36.0 Å². The lowest BCUT2D eigenvalue weighted by molar-refractivity contribution is 0.0756. The second kappa shape index (κ2) is 8.60. The van der Waals surface area contributed by atoms with Crippen LogP contribution < -0.4 is 10.9 Å². The van der Waals surface area contributed by atoms with Gasteiger partial charge in [-0.2, -0.15) is 9.78 Å². The Kier molecular flexibility index (Phi) is 5.98. The van der Waals surface area contributed by atoms with E-state index in [0.717, 1.165) is 0 Å². The van der Waals surface area contributed by atoms with Gasteiger partial charge in [-0.3, -0.25) is 9.59 Å². The topological polar surface area (TPSA) is 73.2 Å². The average Bonchev–Trinajstić information content (AvgIpc) is 2.68. The van der Waals surface area contributed by atoms with Gasteiger partial charge in [0.15, 0.2) is 5.69 Å². The maximum Gasteiger partial charge on any atom is 0.279 e. The number of nitrogens with zero attached hydrogens (tertiary/aromatic N) is 2. The summed E-state index contributed by atoms with van der Waals surface area (Å²) in [5.74, 6) is -0.305. The van der Waals surface area contributed by atoms with Gasteiger partial charge in [-0.15, -0.1) is 0 Å². The number of amides is 1. The molecule has 0 spiro atoms. The summed E-state index contributed by atoms with van der Waals surface area (Å²) in [5, 5.41) is 8.23. The minimum atomic E-state index is -0.305. The first-order chi connectivity index (χ1) is 13.1. The lowest BCUT2D eigenvalue weighted by Gasteiger charge is -2.12. The van der Waals surface area contributed by atoms with Crippen LogP contribution in [-0.4, -0.2) is 34.9 Å². The molecule has 0 aliphatic carbocycles. The van der Waals surface area contributed by atoms with Crippen molar-refractivity contribution < 1.29 is 9.53 Å². The number of carbonyl (C=O) groups is 1. The number of ether oxygens (including phenoxy) is 1. The molecule has 0 radical (unpaired) electrons. The molecule has 140 valence electrons. The van der Waals surface area contributed by atoms with Gasteiger partial charge in [0.25, 0.3) is 11.5 Å². The fraction of sp³-hybridized carbons (Fsp3) is 0.286. The van der Waals surface area contributed by atoms with Gasteiger partial charge in [0.1, 0.15) is 0 Å². The van der Waals surface area contributed by atoms with Gasteiger partial charge in [-0.25, -0.2) is 0 Å². The van der Waals surface area contributed by atoms with Gasteiger partial charge >= 0.3 is 0 Å². The Labute approximate surface area is 157 Å². The predicted molar refractivity (Wildman–Crippen MR) is 105 cm³/mol. The first kappa shape index (κ1) is 18.8. The number of fused-ring (bicyclic) bond motifs is 1. The Bertz CT molecular complexity index is 981. The first-order valence-corrected chi connectivity index (χ1v) is 9.05. The van der Waals surface area contributed by atoms with Crippen molar-refractivity contribution >= 4 is 16.7 Å². The summed E-state index contributed by atoms with van der Waals surface area (Å²) in [7, 11) is 0. The van der Waals surface area contributed by atoms with Crippen LogP contribution in [-0.2, 0) is 4.74 Å². The van der Waals surface area contributed by atoms with Crippen LogP contribution in [0.3, 0.4) is 0 Å². The summed E-state index contributed by atoms with van der Waals surface area (Å²) in [6.45, 7) is 5.00. The summed E-state index contributed by atoms with van der Waals surface area (Å²) in [5.41, 5.74) is 0.602. The fourth-order valence-corrected chi connectivity index (χ4v) is 2.78. The van der Waals surface area contributed by atoms with Crippen LogP contribution in [0.25, 0.3) is 16.5 Å². The highest BCUT2D eigenvalue weighted by molar-refractivity contribution is 6.04. The Balaban J connectivity index is 1.91. The third-order valence-electron chi connectivity index (χ3n) is 4.08. The van der Waals surface area contributed by atoms with E-state index in [1.54, 1.807) is 36.4 Å². The minimum Gasteiger partial charge on any atom is -0.379 e. The molecule has 27 heavy (non-hydrogen) atoms. The van der Waals surface area contributed by atoms with Crippen LogP contribution in [0.4, 0.5) is 0 Å². The molecule has 3 rings (SSSR count). The van der Waals surface area contributed by atoms with E-state index >= 15 is 0 Å². The van der Waals surface area contributed by atoms with Crippen molar-refractivity contribution in [3.05, 3.63) is 70.6 Å². The van der Waals surface area contributed by atoms with Crippen molar-refractivity contribution in [3.63, 3.8) is 0 Å². The fourth-order valence-electron chi connectivity index (χ4n) is 2.78. The Morgan fingerprint density at radius 2 is 1.74 bits per heavy atom. The van der Waals surface area contributed by atoms with Gasteiger partial charge < -0.3 is 10.1 Å². The molecule has 0 saturated heterocycles. The maximum atomic E-state index is 12.8. The number of carbonyl (C=O) groups excluding carboxylic acids is 1. The van der Waals surface area contributed by atoms with Crippen LogP contribution >= 0.6 is 0 Å². The molecule has 1 N–H and O–H groups in total. The summed E-state index contributed by atoms with van der Waals surface area (Å²) >= 11 is 0. The van der Waals surface area contributed by atoms with Crippen LogP contribution in [0.15, 0.2) is 59.4 Å². The Morgan fingerprint density at radius 3 is 2.44 bits per heavy atom. The van der Waals surface area contributed by atoms with Crippen LogP contribution in [0.5, 0.6) is 0 Å².